The first kappa shape index (κ1) is 25.6. The predicted molar refractivity (Wildman–Crippen MR) is 134 cm³/mol. The summed E-state index contributed by atoms with van der Waals surface area (Å²) in [4.78, 5) is 25.6. The Bertz CT molecular complexity index is 1500. The van der Waals surface area contributed by atoms with E-state index in [-0.39, 0.29) is 35.2 Å². The molecule has 1 aromatic heterocycles. The van der Waals surface area contributed by atoms with Crippen LogP contribution in [0.25, 0.3) is 0 Å². The molecule has 37 heavy (non-hydrogen) atoms. The maximum atomic E-state index is 14.3. The first-order chi connectivity index (χ1) is 17.7. The molecule has 0 aliphatic carbocycles. The van der Waals surface area contributed by atoms with Gasteiger partial charge in [0.25, 0.3) is 5.91 Å². The number of nitrogens with one attached hydrogen (secondary N) is 1. The van der Waals surface area contributed by atoms with Crippen LogP contribution < -0.4 is 9.50 Å². The zero-order valence-corrected chi connectivity index (χ0v) is 20.6. The lowest BCUT2D eigenvalue weighted by molar-refractivity contribution is -0.114. The monoisotopic (exact) mass is 522 g/mol. The lowest BCUT2D eigenvalue weighted by Crippen LogP contribution is -2.30. The van der Waals surface area contributed by atoms with Crippen LogP contribution in [0.15, 0.2) is 101 Å². The van der Waals surface area contributed by atoms with Crippen LogP contribution in [0.5, 0.6) is 5.75 Å². The maximum Gasteiger partial charge on any atom is 0.339 e. The molecule has 1 heterocycles. The second-order valence-corrected chi connectivity index (χ2v) is 9.66. The van der Waals surface area contributed by atoms with Gasteiger partial charge in [-0.15, -0.1) is 0 Å². The van der Waals surface area contributed by atoms with Crippen LogP contribution in [0.1, 0.15) is 28.6 Å². The van der Waals surface area contributed by atoms with E-state index in [2.05, 4.69) is 5.32 Å². The molecule has 0 fully saturated rings. The SMILES string of the molecule is CC(=O)Nc1ccc(S(=O)(=O)Oc2cccc(CN(Cc3ccco3)C(=O)c3ccccc3F)c2)cc1. The number of furan rings is 1. The molecule has 0 aliphatic rings. The van der Waals surface area contributed by atoms with Crippen molar-refractivity contribution in [2.75, 3.05) is 5.32 Å². The Hall–Kier alpha value is -4.44. The second kappa shape index (κ2) is 11.1. The third kappa shape index (κ3) is 6.62. The largest absolute Gasteiger partial charge is 0.467 e. The van der Waals surface area contributed by atoms with Gasteiger partial charge in [-0.1, -0.05) is 24.3 Å². The minimum atomic E-state index is -4.17. The van der Waals surface area contributed by atoms with Crippen molar-refractivity contribution in [2.45, 2.75) is 24.9 Å². The molecule has 8 nitrogen and oxygen atoms in total. The van der Waals surface area contributed by atoms with Gasteiger partial charge in [-0.2, -0.15) is 8.42 Å². The van der Waals surface area contributed by atoms with Gasteiger partial charge in [0.05, 0.1) is 18.4 Å². The van der Waals surface area contributed by atoms with E-state index in [0.29, 0.717) is 17.0 Å². The van der Waals surface area contributed by atoms with Gasteiger partial charge < -0.3 is 18.8 Å². The zero-order chi connectivity index (χ0) is 26.4. The molecule has 1 N–H and O–H groups in total. The van der Waals surface area contributed by atoms with Gasteiger partial charge in [-0.25, -0.2) is 4.39 Å². The Kier molecular flexibility index (Phi) is 7.69. The summed E-state index contributed by atoms with van der Waals surface area (Å²) in [6.07, 6.45) is 1.48. The van der Waals surface area contributed by atoms with Gasteiger partial charge in [0.1, 0.15) is 22.2 Å². The lowest BCUT2D eigenvalue weighted by Gasteiger charge is -2.22. The van der Waals surface area contributed by atoms with Crippen LogP contribution in [0, 0.1) is 5.82 Å². The minimum Gasteiger partial charge on any atom is -0.467 e. The summed E-state index contributed by atoms with van der Waals surface area (Å²) in [5.74, 6) is -0.933. The number of halogens is 1. The van der Waals surface area contributed by atoms with E-state index in [1.807, 2.05) is 0 Å². The van der Waals surface area contributed by atoms with Crippen molar-refractivity contribution < 1.29 is 31.0 Å². The van der Waals surface area contributed by atoms with Gasteiger partial charge in [0.15, 0.2) is 0 Å². The quantitative estimate of drug-likeness (QED) is 0.311. The molecule has 0 saturated heterocycles. The standard InChI is InChI=1S/C27H23FN2O6S/c1-19(31)29-21-11-13-24(14-12-21)37(33,34)36-22-7-4-6-20(16-22)17-30(18-23-8-5-15-35-23)27(32)25-9-2-3-10-26(25)28/h2-16H,17-18H2,1H3,(H,29,31). The second-order valence-electron chi connectivity index (χ2n) is 8.11. The van der Waals surface area contributed by atoms with E-state index in [1.165, 1.54) is 72.7 Å². The zero-order valence-electron chi connectivity index (χ0n) is 19.8. The summed E-state index contributed by atoms with van der Waals surface area (Å²) in [5.41, 5.74) is 0.918. The average Bonchev–Trinajstić information content (AvgIpc) is 3.37. The number of hydrogen-bond donors (Lipinski definition) is 1. The summed E-state index contributed by atoms with van der Waals surface area (Å²) in [6.45, 7) is 1.46. The Labute approximate surface area is 213 Å². The van der Waals surface area contributed by atoms with Crippen LogP contribution in [-0.2, 0) is 28.0 Å². The van der Waals surface area contributed by atoms with Crippen molar-refractivity contribution in [1.82, 2.24) is 4.90 Å². The highest BCUT2D eigenvalue weighted by atomic mass is 32.2. The van der Waals surface area contributed by atoms with Gasteiger partial charge in [-0.3, -0.25) is 9.59 Å². The molecular formula is C27H23FN2O6S. The van der Waals surface area contributed by atoms with E-state index >= 15 is 0 Å². The van der Waals surface area contributed by atoms with Crippen molar-refractivity contribution in [3.05, 3.63) is 114 Å². The van der Waals surface area contributed by atoms with Crippen LogP contribution in [0.2, 0.25) is 0 Å². The highest BCUT2D eigenvalue weighted by molar-refractivity contribution is 7.87. The molecule has 4 aromatic rings. The number of amides is 2. The van der Waals surface area contributed by atoms with Crippen molar-refractivity contribution in [1.29, 1.82) is 0 Å². The number of anilines is 1. The lowest BCUT2D eigenvalue weighted by atomic mass is 10.1. The van der Waals surface area contributed by atoms with E-state index in [9.17, 15) is 22.4 Å². The Balaban J connectivity index is 1.54. The molecule has 2 amide bonds. The van der Waals surface area contributed by atoms with E-state index < -0.39 is 21.8 Å². The molecule has 0 aliphatic heterocycles. The fraction of sp³-hybridized carbons (Fsp3) is 0.111. The van der Waals surface area contributed by atoms with Gasteiger partial charge in [0.2, 0.25) is 5.91 Å². The topological polar surface area (TPSA) is 106 Å². The fourth-order valence-electron chi connectivity index (χ4n) is 3.59. The first-order valence-electron chi connectivity index (χ1n) is 11.2. The third-order valence-corrected chi connectivity index (χ3v) is 6.52. The highest BCUT2D eigenvalue weighted by Crippen LogP contribution is 2.23. The smallest absolute Gasteiger partial charge is 0.339 e. The number of nitrogens with zero attached hydrogens (tertiary/aromatic N) is 1. The van der Waals surface area contributed by atoms with Gasteiger partial charge in [0, 0.05) is 19.2 Å². The predicted octanol–water partition coefficient (Wildman–Crippen LogP) is 4.99. The maximum absolute atomic E-state index is 14.3. The fourth-order valence-corrected chi connectivity index (χ4v) is 4.52. The van der Waals surface area contributed by atoms with Gasteiger partial charge in [-0.05, 0) is 66.2 Å². The summed E-state index contributed by atoms with van der Waals surface area (Å²) in [7, 11) is -4.17. The minimum absolute atomic E-state index is 0.0382. The van der Waals surface area contributed by atoms with Gasteiger partial charge >= 0.3 is 10.1 Å². The Morgan fingerprint density at radius 2 is 1.70 bits per heavy atom. The molecule has 0 bridgehead atoms. The third-order valence-electron chi connectivity index (χ3n) is 5.26. The summed E-state index contributed by atoms with van der Waals surface area (Å²) in [6, 6.07) is 20.9. The molecule has 3 aromatic carbocycles. The number of carbonyl (C=O) groups is 2. The Morgan fingerprint density at radius 1 is 0.946 bits per heavy atom. The summed E-state index contributed by atoms with van der Waals surface area (Å²) >= 11 is 0. The molecule has 4 rings (SSSR count). The van der Waals surface area contributed by atoms with Crippen molar-refractivity contribution >= 4 is 27.6 Å². The molecule has 190 valence electrons. The van der Waals surface area contributed by atoms with Crippen LogP contribution in [-0.4, -0.2) is 25.1 Å². The summed E-state index contributed by atoms with van der Waals surface area (Å²) in [5, 5.41) is 2.56. The molecule has 0 atom stereocenters. The average molecular weight is 523 g/mol. The number of carbonyl (C=O) groups excluding carboxylic acids is 2. The Morgan fingerprint density at radius 3 is 2.38 bits per heavy atom. The first-order valence-corrected chi connectivity index (χ1v) is 12.6. The number of hydrogen-bond acceptors (Lipinski definition) is 6. The van der Waals surface area contributed by atoms with Crippen LogP contribution >= 0.6 is 0 Å². The normalized spacial score (nSPS) is 11.1. The number of rotatable bonds is 9. The van der Waals surface area contributed by atoms with E-state index in [0.717, 1.165) is 0 Å². The number of benzene rings is 3. The molecule has 10 heteroatoms. The van der Waals surface area contributed by atoms with Crippen molar-refractivity contribution in [3.8, 4) is 5.75 Å². The van der Waals surface area contributed by atoms with E-state index in [1.54, 1.807) is 30.3 Å². The highest BCUT2D eigenvalue weighted by Gasteiger charge is 2.22. The molecule has 0 unspecified atom stereocenters. The summed E-state index contributed by atoms with van der Waals surface area (Å²) < 4.78 is 50.6. The van der Waals surface area contributed by atoms with Crippen LogP contribution in [0.3, 0.4) is 0 Å². The van der Waals surface area contributed by atoms with Crippen LogP contribution in [0.4, 0.5) is 10.1 Å². The molecule has 0 radical (unpaired) electrons. The van der Waals surface area contributed by atoms with Crippen molar-refractivity contribution in [3.63, 3.8) is 0 Å². The molecule has 0 spiro atoms. The molecule has 0 saturated carbocycles. The van der Waals surface area contributed by atoms with E-state index in [4.69, 9.17) is 8.60 Å². The van der Waals surface area contributed by atoms with Crippen molar-refractivity contribution in [2.24, 2.45) is 0 Å². The molecular weight excluding hydrogens is 499 g/mol.